The van der Waals surface area contributed by atoms with Crippen molar-refractivity contribution < 1.29 is 13.2 Å². The van der Waals surface area contributed by atoms with Crippen LogP contribution in [0.3, 0.4) is 0 Å². The topological polar surface area (TPSA) is 97.2 Å². The van der Waals surface area contributed by atoms with Crippen LogP contribution >= 0.6 is 23.4 Å². The first-order valence-corrected chi connectivity index (χ1v) is 11.6. The fourth-order valence-electron chi connectivity index (χ4n) is 2.84. The maximum absolute atomic E-state index is 12.9. The first-order valence-electron chi connectivity index (χ1n) is 8.90. The average Bonchev–Trinajstić information content (AvgIpc) is 3.08. The number of nitrogens with one attached hydrogen (secondary N) is 1. The molecule has 1 saturated heterocycles. The molecule has 11 heteroatoms. The molecule has 0 spiro atoms. The zero-order valence-corrected chi connectivity index (χ0v) is 18.0. The summed E-state index contributed by atoms with van der Waals surface area (Å²) < 4.78 is 28.9. The van der Waals surface area contributed by atoms with Gasteiger partial charge in [0.2, 0.25) is 15.9 Å². The standard InChI is InChI=1S/C17H22ClN5O3S2/c1-12(27-17-21-19-11-22(17)2)16(24)20-15-10-13(6-7-14(15)18)28(25,26)23-8-4-3-5-9-23/h6-7,10-12H,3-5,8-9H2,1-2H3,(H,20,24)/t12-/m1/s1. The molecular weight excluding hydrogens is 422 g/mol. The summed E-state index contributed by atoms with van der Waals surface area (Å²) in [5, 5.41) is 10.9. The third-order valence-corrected chi connectivity index (χ3v) is 7.84. The monoisotopic (exact) mass is 443 g/mol. The number of rotatable bonds is 6. The lowest BCUT2D eigenvalue weighted by atomic mass is 10.2. The molecule has 1 fully saturated rings. The fraction of sp³-hybridized carbons (Fsp3) is 0.471. The molecule has 0 bridgehead atoms. The molecule has 1 N–H and O–H groups in total. The maximum atomic E-state index is 12.9. The van der Waals surface area contributed by atoms with Gasteiger partial charge in [-0.3, -0.25) is 4.79 Å². The van der Waals surface area contributed by atoms with E-state index in [1.54, 1.807) is 24.9 Å². The fourth-order valence-corrected chi connectivity index (χ4v) is 5.34. The molecule has 8 nitrogen and oxygen atoms in total. The second kappa shape index (κ2) is 8.81. The van der Waals surface area contributed by atoms with Gasteiger partial charge in [0, 0.05) is 20.1 Å². The lowest BCUT2D eigenvalue weighted by Crippen LogP contribution is -2.35. The molecule has 28 heavy (non-hydrogen) atoms. The number of halogens is 1. The molecule has 1 amide bonds. The van der Waals surface area contributed by atoms with Crippen LogP contribution in [0.4, 0.5) is 5.69 Å². The highest BCUT2D eigenvalue weighted by Crippen LogP contribution is 2.29. The molecule has 2 heterocycles. The highest BCUT2D eigenvalue weighted by atomic mass is 35.5. The summed E-state index contributed by atoms with van der Waals surface area (Å²) >= 11 is 7.44. The lowest BCUT2D eigenvalue weighted by molar-refractivity contribution is -0.115. The number of nitrogens with zero attached hydrogens (tertiary/aromatic N) is 4. The minimum absolute atomic E-state index is 0.128. The Balaban J connectivity index is 1.76. The van der Waals surface area contributed by atoms with Crippen LogP contribution < -0.4 is 5.32 Å². The summed E-state index contributed by atoms with van der Waals surface area (Å²) in [4.78, 5) is 12.7. The Morgan fingerprint density at radius 2 is 2.00 bits per heavy atom. The molecule has 0 radical (unpaired) electrons. The quantitative estimate of drug-likeness (QED) is 0.689. The smallest absolute Gasteiger partial charge is 0.243 e. The van der Waals surface area contributed by atoms with Gasteiger partial charge in [0.25, 0.3) is 0 Å². The van der Waals surface area contributed by atoms with E-state index in [4.69, 9.17) is 11.6 Å². The summed E-state index contributed by atoms with van der Waals surface area (Å²) in [5.41, 5.74) is 0.273. The van der Waals surface area contributed by atoms with E-state index in [1.807, 2.05) is 0 Å². The molecule has 1 aromatic carbocycles. The van der Waals surface area contributed by atoms with Gasteiger partial charge in [-0.25, -0.2) is 8.42 Å². The Bertz CT molecular complexity index is 957. The van der Waals surface area contributed by atoms with Crippen molar-refractivity contribution in [2.75, 3.05) is 18.4 Å². The van der Waals surface area contributed by atoms with Crippen LogP contribution in [-0.4, -0.2) is 51.7 Å². The van der Waals surface area contributed by atoms with Crippen LogP contribution in [0.25, 0.3) is 0 Å². The molecule has 2 aromatic rings. The minimum Gasteiger partial charge on any atom is -0.324 e. The van der Waals surface area contributed by atoms with Gasteiger partial charge in [-0.2, -0.15) is 4.31 Å². The average molecular weight is 444 g/mol. The Kier molecular flexibility index (Phi) is 6.64. The van der Waals surface area contributed by atoms with E-state index >= 15 is 0 Å². The predicted octanol–water partition coefficient (Wildman–Crippen LogP) is 2.76. The number of thioether (sulfide) groups is 1. The van der Waals surface area contributed by atoms with Gasteiger partial charge in [-0.15, -0.1) is 10.2 Å². The van der Waals surface area contributed by atoms with Crippen molar-refractivity contribution in [2.24, 2.45) is 7.05 Å². The third kappa shape index (κ3) is 4.68. The van der Waals surface area contributed by atoms with Gasteiger partial charge in [0.1, 0.15) is 6.33 Å². The summed E-state index contributed by atoms with van der Waals surface area (Å²) in [7, 11) is -1.82. The van der Waals surface area contributed by atoms with Crippen LogP contribution in [0, 0.1) is 0 Å². The van der Waals surface area contributed by atoms with E-state index in [1.165, 1.54) is 34.3 Å². The normalized spacial score (nSPS) is 16.7. The summed E-state index contributed by atoms with van der Waals surface area (Å²) in [6, 6.07) is 4.39. The van der Waals surface area contributed by atoms with Crippen LogP contribution in [0.15, 0.2) is 34.6 Å². The first-order chi connectivity index (χ1) is 13.3. The van der Waals surface area contributed by atoms with Crippen molar-refractivity contribution in [1.82, 2.24) is 19.1 Å². The van der Waals surface area contributed by atoms with Gasteiger partial charge in [0.15, 0.2) is 5.16 Å². The minimum atomic E-state index is -3.61. The van der Waals surface area contributed by atoms with Crippen LogP contribution in [0.1, 0.15) is 26.2 Å². The molecule has 1 aromatic heterocycles. The number of aromatic nitrogens is 3. The molecule has 0 aliphatic carbocycles. The number of carbonyl (C=O) groups excluding carboxylic acids is 1. The van der Waals surface area contributed by atoms with E-state index in [9.17, 15) is 13.2 Å². The molecular formula is C17H22ClN5O3S2. The molecule has 152 valence electrons. The first kappa shape index (κ1) is 21.1. The number of hydrogen-bond acceptors (Lipinski definition) is 6. The maximum Gasteiger partial charge on any atom is 0.243 e. The van der Waals surface area contributed by atoms with E-state index in [0.29, 0.717) is 18.2 Å². The second-order valence-corrected chi connectivity index (χ2v) is 10.2. The number of anilines is 1. The lowest BCUT2D eigenvalue weighted by Gasteiger charge is -2.26. The highest BCUT2D eigenvalue weighted by Gasteiger charge is 2.27. The molecule has 1 aliphatic heterocycles. The van der Waals surface area contributed by atoms with E-state index < -0.39 is 15.3 Å². The number of amides is 1. The Morgan fingerprint density at radius 3 is 2.64 bits per heavy atom. The SMILES string of the molecule is C[C@@H](Sc1nncn1C)C(=O)Nc1cc(S(=O)(=O)N2CCCCC2)ccc1Cl. The molecule has 0 saturated carbocycles. The summed E-state index contributed by atoms with van der Waals surface area (Å²) in [6.07, 6.45) is 4.30. The van der Waals surface area contributed by atoms with Crippen molar-refractivity contribution in [1.29, 1.82) is 0 Å². The third-order valence-electron chi connectivity index (χ3n) is 4.47. The zero-order chi connectivity index (χ0) is 20.3. The van der Waals surface area contributed by atoms with Crippen molar-refractivity contribution in [3.63, 3.8) is 0 Å². The van der Waals surface area contributed by atoms with Crippen molar-refractivity contribution >= 4 is 45.0 Å². The highest BCUT2D eigenvalue weighted by molar-refractivity contribution is 8.00. The van der Waals surface area contributed by atoms with Crippen molar-refractivity contribution in [3.05, 3.63) is 29.5 Å². The van der Waals surface area contributed by atoms with Crippen LogP contribution in [-0.2, 0) is 21.9 Å². The van der Waals surface area contributed by atoms with Gasteiger partial charge in [0.05, 0.1) is 20.9 Å². The van der Waals surface area contributed by atoms with E-state index in [2.05, 4.69) is 15.5 Å². The molecule has 3 rings (SSSR count). The van der Waals surface area contributed by atoms with Gasteiger partial charge in [-0.05, 0) is 38.0 Å². The molecule has 1 atom stereocenters. The molecule has 0 unspecified atom stereocenters. The summed E-state index contributed by atoms with van der Waals surface area (Å²) in [6.45, 7) is 2.76. The van der Waals surface area contributed by atoms with Gasteiger partial charge >= 0.3 is 0 Å². The van der Waals surface area contributed by atoms with Crippen molar-refractivity contribution in [2.45, 2.75) is 41.5 Å². The second-order valence-electron chi connectivity index (χ2n) is 6.58. The number of piperidine rings is 1. The Morgan fingerprint density at radius 1 is 1.29 bits per heavy atom. The number of sulfonamides is 1. The Hall–Kier alpha value is -1.62. The molecule has 1 aliphatic rings. The van der Waals surface area contributed by atoms with Gasteiger partial charge < -0.3 is 9.88 Å². The number of benzene rings is 1. The number of carbonyl (C=O) groups is 1. The number of aryl methyl sites for hydroxylation is 1. The summed E-state index contributed by atoms with van der Waals surface area (Å²) in [5.74, 6) is -0.303. The van der Waals surface area contributed by atoms with Crippen LogP contribution in [0.2, 0.25) is 5.02 Å². The zero-order valence-electron chi connectivity index (χ0n) is 15.6. The van der Waals surface area contributed by atoms with E-state index in [-0.39, 0.29) is 21.5 Å². The number of hydrogen-bond donors (Lipinski definition) is 1. The Labute approximate surface area is 173 Å². The van der Waals surface area contributed by atoms with E-state index in [0.717, 1.165) is 19.3 Å². The van der Waals surface area contributed by atoms with Crippen molar-refractivity contribution in [3.8, 4) is 0 Å². The largest absolute Gasteiger partial charge is 0.324 e. The van der Waals surface area contributed by atoms with Crippen LogP contribution in [0.5, 0.6) is 0 Å². The van der Waals surface area contributed by atoms with Gasteiger partial charge in [-0.1, -0.05) is 29.8 Å². The predicted molar refractivity (Wildman–Crippen MR) is 109 cm³/mol.